The van der Waals surface area contributed by atoms with Gasteiger partial charge in [-0.05, 0) is 30.3 Å². The molecule has 0 saturated carbocycles. The molecule has 2 aromatic carbocycles. The number of halogens is 2. The fraction of sp³-hybridized carbons (Fsp3) is 0.304. The molecular weight excluding hydrogens is 421 g/mol. The van der Waals surface area contributed by atoms with Crippen molar-refractivity contribution in [1.29, 1.82) is 0 Å². The summed E-state index contributed by atoms with van der Waals surface area (Å²) in [6.07, 6.45) is 0.707. The van der Waals surface area contributed by atoms with E-state index >= 15 is 0 Å². The van der Waals surface area contributed by atoms with Crippen LogP contribution in [0.3, 0.4) is 0 Å². The second kappa shape index (κ2) is 9.49. The lowest BCUT2D eigenvalue weighted by molar-refractivity contribution is -0.134. The van der Waals surface area contributed by atoms with Gasteiger partial charge in [-0.15, -0.1) is 0 Å². The maximum atomic E-state index is 13.8. The Morgan fingerprint density at radius 2 is 1.94 bits per heavy atom. The minimum absolute atomic E-state index is 0.0453. The number of ether oxygens (including phenoxy) is 2. The van der Waals surface area contributed by atoms with Gasteiger partial charge in [-0.3, -0.25) is 9.48 Å². The minimum atomic E-state index is -0.289. The predicted molar refractivity (Wildman–Crippen MR) is 114 cm³/mol. The molecule has 0 unspecified atom stereocenters. The van der Waals surface area contributed by atoms with E-state index in [2.05, 4.69) is 5.10 Å². The zero-order chi connectivity index (χ0) is 21.8. The molecule has 6 nitrogen and oxygen atoms in total. The molecule has 31 heavy (non-hydrogen) atoms. The number of amides is 1. The molecule has 0 atom stereocenters. The molecule has 2 heterocycles. The van der Waals surface area contributed by atoms with Gasteiger partial charge in [0.1, 0.15) is 11.6 Å². The van der Waals surface area contributed by atoms with Gasteiger partial charge in [0, 0.05) is 48.4 Å². The van der Waals surface area contributed by atoms with Crippen LogP contribution in [-0.4, -0.2) is 33.7 Å². The molecule has 3 aromatic rings. The van der Waals surface area contributed by atoms with Crippen molar-refractivity contribution in [2.75, 3.05) is 13.2 Å². The van der Waals surface area contributed by atoms with Crippen LogP contribution >= 0.6 is 11.6 Å². The van der Waals surface area contributed by atoms with Crippen molar-refractivity contribution in [1.82, 2.24) is 14.7 Å². The molecule has 1 aliphatic rings. The Bertz CT molecular complexity index is 1070. The van der Waals surface area contributed by atoms with Crippen LogP contribution in [-0.2, 0) is 42.8 Å². The van der Waals surface area contributed by atoms with Gasteiger partial charge < -0.3 is 14.4 Å². The molecule has 4 rings (SSSR count). The largest absolute Gasteiger partial charge is 0.484 e. The highest BCUT2D eigenvalue weighted by molar-refractivity contribution is 6.30. The number of carbonyl (C=O) groups excluding carboxylic acids is 1. The Morgan fingerprint density at radius 3 is 2.71 bits per heavy atom. The summed E-state index contributed by atoms with van der Waals surface area (Å²) in [5.41, 5.74) is 3.35. The van der Waals surface area contributed by atoms with Gasteiger partial charge in [0.05, 0.1) is 18.9 Å². The van der Waals surface area contributed by atoms with Gasteiger partial charge >= 0.3 is 0 Å². The predicted octanol–water partition coefficient (Wildman–Crippen LogP) is 3.89. The van der Waals surface area contributed by atoms with Gasteiger partial charge in [-0.1, -0.05) is 29.8 Å². The first-order valence-electron chi connectivity index (χ1n) is 10.0. The van der Waals surface area contributed by atoms with Crippen LogP contribution in [0.15, 0.2) is 48.5 Å². The number of hydrogen-bond acceptors (Lipinski definition) is 4. The number of hydrogen-bond donors (Lipinski definition) is 0. The molecule has 1 amide bonds. The first-order chi connectivity index (χ1) is 15.0. The van der Waals surface area contributed by atoms with E-state index in [0.717, 1.165) is 17.0 Å². The van der Waals surface area contributed by atoms with E-state index in [0.29, 0.717) is 35.8 Å². The lowest BCUT2D eigenvalue weighted by Crippen LogP contribution is -2.39. The third-order valence-corrected chi connectivity index (χ3v) is 5.56. The SMILES string of the molecule is Cn1nc(COCc2ccccc2F)c2c1CCN(C(=O)COc1ccc(Cl)cc1)C2. The molecular formula is C23H23ClFN3O3. The van der Waals surface area contributed by atoms with Gasteiger partial charge in [0.25, 0.3) is 5.91 Å². The molecule has 8 heteroatoms. The fourth-order valence-corrected chi connectivity index (χ4v) is 3.76. The van der Waals surface area contributed by atoms with E-state index in [1.165, 1.54) is 6.07 Å². The highest BCUT2D eigenvalue weighted by Gasteiger charge is 2.27. The Balaban J connectivity index is 1.37. The van der Waals surface area contributed by atoms with E-state index in [1.807, 2.05) is 11.7 Å². The number of fused-ring (bicyclic) bond motifs is 1. The van der Waals surface area contributed by atoms with Crippen LogP contribution in [0.25, 0.3) is 0 Å². The molecule has 0 bridgehead atoms. The first-order valence-corrected chi connectivity index (χ1v) is 10.4. The summed E-state index contributed by atoms with van der Waals surface area (Å²) >= 11 is 5.87. The van der Waals surface area contributed by atoms with Gasteiger partial charge in [0.2, 0.25) is 0 Å². The smallest absolute Gasteiger partial charge is 0.260 e. The molecule has 162 valence electrons. The topological polar surface area (TPSA) is 56.6 Å². The van der Waals surface area contributed by atoms with Crippen molar-refractivity contribution in [3.63, 3.8) is 0 Å². The van der Waals surface area contributed by atoms with Gasteiger partial charge in [-0.2, -0.15) is 5.10 Å². The molecule has 0 saturated heterocycles. The van der Waals surface area contributed by atoms with Crippen molar-refractivity contribution < 1.29 is 18.7 Å². The number of aromatic nitrogens is 2. The number of rotatable bonds is 7. The second-order valence-electron chi connectivity index (χ2n) is 7.39. The van der Waals surface area contributed by atoms with Crippen LogP contribution < -0.4 is 4.74 Å². The van der Waals surface area contributed by atoms with E-state index in [9.17, 15) is 9.18 Å². The van der Waals surface area contributed by atoms with Crippen molar-refractivity contribution >= 4 is 17.5 Å². The van der Waals surface area contributed by atoms with Crippen molar-refractivity contribution in [3.05, 3.63) is 81.9 Å². The number of aryl methyl sites for hydroxylation is 1. The second-order valence-corrected chi connectivity index (χ2v) is 7.82. The van der Waals surface area contributed by atoms with E-state index in [4.69, 9.17) is 21.1 Å². The standard InChI is InChI=1S/C23H23ClFN3O3/c1-27-22-10-11-28(23(29)15-31-18-8-6-17(24)7-9-18)12-19(22)21(26-27)14-30-13-16-4-2-3-5-20(16)25/h2-9H,10-15H2,1H3. The summed E-state index contributed by atoms with van der Waals surface area (Å²) in [4.78, 5) is 14.4. The van der Waals surface area contributed by atoms with Crippen LogP contribution in [0.2, 0.25) is 5.02 Å². The van der Waals surface area contributed by atoms with Crippen molar-refractivity contribution in [3.8, 4) is 5.75 Å². The summed E-state index contributed by atoms with van der Waals surface area (Å²) < 4.78 is 26.9. The summed E-state index contributed by atoms with van der Waals surface area (Å²) in [5.74, 6) is 0.213. The zero-order valence-corrected chi connectivity index (χ0v) is 17.9. The van der Waals surface area contributed by atoms with Crippen LogP contribution in [0, 0.1) is 5.82 Å². The number of nitrogens with zero attached hydrogens (tertiary/aromatic N) is 3. The van der Waals surface area contributed by atoms with Crippen molar-refractivity contribution in [2.24, 2.45) is 7.05 Å². The third kappa shape index (κ3) is 5.06. The van der Waals surface area contributed by atoms with Crippen LogP contribution in [0.4, 0.5) is 4.39 Å². The average Bonchev–Trinajstić information content (AvgIpc) is 3.09. The third-order valence-electron chi connectivity index (χ3n) is 5.31. The molecule has 0 fully saturated rings. The van der Waals surface area contributed by atoms with Gasteiger partial charge in [0.15, 0.2) is 6.61 Å². The Morgan fingerprint density at radius 1 is 1.16 bits per heavy atom. The zero-order valence-electron chi connectivity index (χ0n) is 17.2. The molecule has 1 aliphatic heterocycles. The number of carbonyl (C=O) groups is 1. The maximum absolute atomic E-state index is 13.8. The lowest BCUT2D eigenvalue weighted by atomic mass is 10.1. The fourth-order valence-electron chi connectivity index (χ4n) is 3.64. The number of benzene rings is 2. The Hall–Kier alpha value is -2.90. The first kappa shape index (κ1) is 21.3. The van der Waals surface area contributed by atoms with E-state index in [1.54, 1.807) is 47.4 Å². The Kier molecular flexibility index (Phi) is 6.53. The monoisotopic (exact) mass is 443 g/mol. The highest BCUT2D eigenvalue weighted by Crippen LogP contribution is 2.24. The highest BCUT2D eigenvalue weighted by atomic mass is 35.5. The molecule has 0 spiro atoms. The lowest BCUT2D eigenvalue weighted by Gasteiger charge is -2.27. The molecule has 0 N–H and O–H groups in total. The van der Waals surface area contributed by atoms with Crippen LogP contribution in [0.5, 0.6) is 5.75 Å². The normalized spacial score (nSPS) is 13.2. The summed E-state index contributed by atoms with van der Waals surface area (Å²) in [6, 6.07) is 13.4. The van der Waals surface area contributed by atoms with Crippen molar-refractivity contribution in [2.45, 2.75) is 26.2 Å². The summed E-state index contributed by atoms with van der Waals surface area (Å²) in [7, 11) is 1.89. The summed E-state index contributed by atoms with van der Waals surface area (Å²) in [6.45, 7) is 1.42. The average molecular weight is 444 g/mol. The molecule has 1 aromatic heterocycles. The molecule has 0 radical (unpaired) electrons. The summed E-state index contributed by atoms with van der Waals surface area (Å²) in [5, 5.41) is 5.17. The van der Waals surface area contributed by atoms with E-state index < -0.39 is 0 Å². The molecule has 0 aliphatic carbocycles. The van der Waals surface area contributed by atoms with Gasteiger partial charge in [-0.25, -0.2) is 4.39 Å². The maximum Gasteiger partial charge on any atom is 0.260 e. The van der Waals surface area contributed by atoms with Crippen LogP contribution in [0.1, 0.15) is 22.5 Å². The Labute approximate surface area is 185 Å². The van der Waals surface area contributed by atoms with E-state index in [-0.39, 0.29) is 31.5 Å². The minimum Gasteiger partial charge on any atom is -0.484 e. The quantitative estimate of drug-likeness (QED) is 0.556.